The van der Waals surface area contributed by atoms with Gasteiger partial charge in [0.15, 0.2) is 0 Å². The summed E-state index contributed by atoms with van der Waals surface area (Å²) in [6.45, 7) is 14.5. The van der Waals surface area contributed by atoms with Crippen molar-refractivity contribution in [1.29, 1.82) is 0 Å². The van der Waals surface area contributed by atoms with Gasteiger partial charge in [-0.25, -0.2) is 0 Å². The van der Waals surface area contributed by atoms with Gasteiger partial charge in [0.2, 0.25) is 0 Å². The van der Waals surface area contributed by atoms with E-state index in [0.29, 0.717) is 0 Å². The number of hydrogen-bond acceptors (Lipinski definition) is 2. The molecule has 2 heteroatoms. The molecule has 0 bridgehead atoms. The molecule has 2 nitrogen and oxygen atoms in total. The summed E-state index contributed by atoms with van der Waals surface area (Å²) in [5.41, 5.74) is 0.721. The lowest BCUT2D eigenvalue weighted by atomic mass is 9.79. The van der Waals surface area contributed by atoms with E-state index in [1.807, 2.05) is 34.6 Å². The number of ether oxygens (including phenoxy) is 1. The van der Waals surface area contributed by atoms with E-state index in [1.165, 1.54) is 5.56 Å². The standard InChI is InChI=1S/C21H34O2/c1-8-20(4,5)18(22)23-21(6,7)15-14-19(2,3)16-17-12-10-9-11-13-17/h9-13H,8,14-16H2,1-7H3. The average Bonchev–Trinajstić information content (AvgIpc) is 2.45. The second kappa shape index (κ2) is 7.51. The molecule has 1 aromatic rings. The zero-order chi connectivity index (χ0) is 17.7. The smallest absolute Gasteiger partial charge is 0.312 e. The molecule has 0 aliphatic heterocycles. The van der Waals surface area contributed by atoms with Crippen molar-refractivity contribution in [2.24, 2.45) is 10.8 Å². The predicted molar refractivity (Wildman–Crippen MR) is 97.4 cm³/mol. The lowest BCUT2D eigenvalue weighted by Crippen LogP contribution is -2.36. The van der Waals surface area contributed by atoms with Gasteiger partial charge >= 0.3 is 5.97 Å². The maximum atomic E-state index is 12.3. The van der Waals surface area contributed by atoms with E-state index in [9.17, 15) is 4.79 Å². The number of benzene rings is 1. The number of esters is 1. The molecule has 1 aromatic carbocycles. The average molecular weight is 319 g/mol. The number of carbonyl (C=O) groups excluding carboxylic acids is 1. The van der Waals surface area contributed by atoms with Crippen molar-refractivity contribution in [3.05, 3.63) is 35.9 Å². The quantitative estimate of drug-likeness (QED) is 0.567. The Balaban J connectivity index is 2.59. The lowest BCUT2D eigenvalue weighted by Gasteiger charge is -2.33. The Morgan fingerprint density at radius 3 is 2.04 bits per heavy atom. The summed E-state index contributed by atoms with van der Waals surface area (Å²) in [6.07, 6.45) is 3.73. The van der Waals surface area contributed by atoms with Crippen molar-refractivity contribution in [2.45, 2.75) is 79.8 Å². The third-order valence-corrected chi connectivity index (χ3v) is 4.73. The maximum Gasteiger partial charge on any atom is 0.312 e. The van der Waals surface area contributed by atoms with Gasteiger partial charge in [0.05, 0.1) is 5.41 Å². The first-order valence-corrected chi connectivity index (χ1v) is 8.75. The molecule has 0 saturated carbocycles. The fourth-order valence-electron chi connectivity index (χ4n) is 2.46. The first-order chi connectivity index (χ1) is 10.5. The minimum atomic E-state index is -0.419. The topological polar surface area (TPSA) is 26.3 Å². The van der Waals surface area contributed by atoms with E-state index >= 15 is 0 Å². The zero-order valence-corrected chi connectivity index (χ0v) is 16.0. The number of hydrogen-bond donors (Lipinski definition) is 0. The first-order valence-electron chi connectivity index (χ1n) is 8.75. The molecule has 1 rings (SSSR count). The Morgan fingerprint density at radius 1 is 0.957 bits per heavy atom. The van der Waals surface area contributed by atoms with Gasteiger partial charge < -0.3 is 4.74 Å². The van der Waals surface area contributed by atoms with Crippen LogP contribution in [0.1, 0.15) is 73.3 Å². The summed E-state index contributed by atoms with van der Waals surface area (Å²) in [5.74, 6) is -0.0918. The van der Waals surface area contributed by atoms with Gasteiger partial charge in [-0.1, -0.05) is 51.1 Å². The van der Waals surface area contributed by atoms with Crippen molar-refractivity contribution in [1.82, 2.24) is 0 Å². The van der Waals surface area contributed by atoms with E-state index in [4.69, 9.17) is 4.74 Å². The molecular formula is C21H34O2. The molecule has 0 unspecified atom stereocenters. The minimum absolute atomic E-state index is 0.0918. The maximum absolute atomic E-state index is 12.3. The van der Waals surface area contributed by atoms with Crippen molar-refractivity contribution >= 4 is 5.97 Å². The van der Waals surface area contributed by atoms with E-state index in [2.05, 4.69) is 44.2 Å². The van der Waals surface area contributed by atoms with Crippen LogP contribution in [0.3, 0.4) is 0 Å². The van der Waals surface area contributed by atoms with Crippen LogP contribution < -0.4 is 0 Å². The second-order valence-corrected chi connectivity index (χ2v) is 8.71. The number of rotatable bonds is 8. The third kappa shape index (κ3) is 6.76. The fourth-order valence-corrected chi connectivity index (χ4v) is 2.46. The monoisotopic (exact) mass is 318 g/mol. The van der Waals surface area contributed by atoms with Gasteiger partial charge in [0.25, 0.3) is 0 Å². The van der Waals surface area contributed by atoms with Crippen molar-refractivity contribution in [3.8, 4) is 0 Å². The summed E-state index contributed by atoms with van der Waals surface area (Å²) in [7, 11) is 0. The normalized spacial score (nSPS) is 13.0. The molecule has 0 spiro atoms. The van der Waals surface area contributed by atoms with Crippen molar-refractivity contribution in [2.75, 3.05) is 0 Å². The molecule has 0 saturated heterocycles. The van der Waals surface area contributed by atoms with Gasteiger partial charge in [-0.3, -0.25) is 4.79 Å². The Labute approximate surface area is 142 Å². The second-order valence-electron chi connectivity index (χ2n) is 8.71. The molecule has 0 N–H and O–H groups in total. The van der Waals surface area contributed by atoms with Crippen LogP contribution in [0.15, 0.2) is 30.3 Å². The Hall–Kier alpha value is -1.31. The highest BCUT2D eigenvalue weighted by molar-refractivity contribution is 5.76. The highest BCUT2D eigenvalue weighted by atomic mass is 16.6. The van der Waals surface area contributed by atoms with Gasteiger partial charge in [0.1, 0.15) is 5.60 Å². The van der Waals surface area contributed by atoms with Crippen LogP contribution in [0.5, 0.6) is 0 Å². The Morgan fingerprint density at radius 2 is 1.52 bits per heavy atom. The molecule has 130 valence electrons. The van der Waals surface area contributed by atoms with Crippen LogP contribution in [0.25, 0.3) is 0 Å². The SMILES string of the molecule is CCC(C)(C)C(=O)OC(C)(C)CCC(C)(C)Cc1ccccc1. The zero-order valence-electron chi connectivity index (χ0n) is 16.0. The van der Waals surface area contributed by atoms with Gasteiger partial charge in [-0.2, -0.15) is 0 Å². The van der Waals surface area contributed by atoms with Crippen LogP contribution in [-0.2, 0) is 16.0 Å². The first kappa shape index (κ1) is 19.7. The minimum Gasteiger partial charge on any atom is -0.459 e. The summed E-state index contributed by atoms with van der Waals surface area (Å²) in [6, 6.07) is 10.6. The summed E-state index contributed by atoms with van der Waals surface area (Å²) in [4.78, 5) is 12.3. The summed E-state index contributed by atoms with van der Waals surface area (Å²) < 4.78 is 5.80. The van der Waals surface area contributed by atoms with Gasteiger partial charge in [-0.05, 0) is 64.4 Å². The Bertz CT molecular complexity index is 498. The highest BCUT2D eigenvalue weighted by Crippen LogP contribution is 2.33. The predicted octanol–water partition coefficient (Wildman–Crippen LogP) is 5.79. The third-order valence-electron chi connectivity index (χ3n) is 4.73. The van der Waals surface area contributed by atoms with Gasteiger partial charge in [0, 0.05) is 0 Å². The fraction of sp³-hybridized carbons (Fsp3) is 0.667. The van der Waals surface area contributed by atoms with E-state index in [1.54, 1.807) is 0 Å². The molecule has 0 atom stereocenters. The van der Waals surface area contributed by atoms with Crippen LogP contribution in [0, 0.1) is 10.8 Å². The molecule has 0 radical (unpaired) electrons. The molecule has 0 aliphatic carbocycles. The van der Waals surface area contributed by atoms with Crippen LogP contribution >= 0.6 is 0 Å². The molecule has 0 aromatic heterocycles. The largest absolute Gasteiger partial charge is 0.459 e. The highest BCUT2D eigenvalue weighted by Gasteiger charge is 2.33. The molecule has 0 fully saturated rings. The van der Waals surface area contributed by atoms with Gasteiger partial charge in [-0.15, -0.1) is 0 Å². The summed E-state index contributed by atoms with van der Waals surface area (Å²) in [5, 5.41) is 0. The van der Waals surface area contributed by atoms with Crippen LogP contribution in [-0.4, -0.2) is 11.6 Å². The molecule has 23 heavy (non-hydrogen) atoms. The van der Waals surface area contributed by atoms with Crippen LogP contribution in [0.4, 0.5) is 0 Å². The molecule has 0 heterocycles. The van der Waals surface area contributed by atoms with Crippen molar-refractivity contribution in [3.63, 3.8) is 0 Å². The van der Waals surface area contributed by atoms with Crippen molar-refractivity contribution < 1.29 is 9.53 Å². The lowest BCUT2D eigenvalue weighted by molar-refractivity contribution is -0.168. The summed E-state index contributed by atoms with van der Waals surface area (Å²) >= 11 is 0. The Kier molecular flexibility index (Phi) is 6.44. The molecule has 0 aliphatic rings. The van der Waals surface area contributed by atoms with E-state index in [0.717, 1.165) is 25.7 Å². The number of carbonyl (C=O) groups is 1. The molecule has 0 amide bonds. The van der Waals surface area contributed by atoms with Crippen LogP contribution in [0.2, 0.25) is 0 Å². The molecular weight excluding hydrogens is 284 g/mol. The van der Waals surface area contributed by atoms with E-state index < -0.39 is 11.0 Å². The van der Waals surface area contributed by atoms with E-state index in [-0.39, 0.29) is 11.4 Å².